The van der Waals surface area contributed by atoms with Gasteiger partial charge in [0.15, 0.2) is 6.71 Å². The molecule has 2 heterocycles. The molecule has 0 aromatic carbocycles. The lowest BCUT2D eigenvalue weighted by atomic mass is 9.18. The van der Waals surface area contributed by atoms with Gasteiger partial charge in [-0.3, -0.25) is 14.7 Å². The average Bonchev–Trinajstić information content (AvgIpc) is 0.686. The molecule has 606 valence electrons. The van der Waals surface area contributed by atoms with Crippen molar-refractivity contribution in [3.05, 3.63) is 0 Å². The van der Waals surface area contributed by atoms with Gasteiger partial charge in [-0.25, -0.2) is 0 Å². The second kappa shape index (κ2) is 34.0. The second-order valence-corrected chi connectivity index (χ2v) is 47.1. The minimum atomic E-state index is 0.805. The first-order valence-electron chi connectivity index (χ1n) is 52.9. The summed E-state index contributed by atoms with van der Waals surface area (Å²) in [5, 5.41) is 0. The van der Waals surface area contributed by atoms with Crippen LogP contribution < -0.4 is 0 Å². The highest BCUT2D eigenvalue weighted by molar-refractivity contribution is 6.65. The summed E-state index contributed by atoms with van der Waals surface area (Å²) in [4.78, 5) is 11.9. The number of rotatable bonds is 13. The molecule has 0 N–H and O–H groups in total. The van der Waals surface area contributed by atoms with Crippen LogP contribution >= 0.6 is 0 Å². The van der Waals surface area contributed by atoms with Gasteiger partial charge in [0.2, 0.25) is 0 Å². The van der Waals surface area contributed by atoms with Gasteiger partial charge < -0.3 is 0 Å². The SMILES string of the molecule is C1CCC(C2CCC(N(C3CCC(C4CCCCC4)CC3)C3CC4C5B(C6CC(C7CCCCC7)CCC6N4C4C(C6CCCCC6)CCCC4C4CCCCC4)C4CCC(C6CCC7C8CCCC9CCCC(C%10CCCC6C%107)C98)CC4N(C4C(C6CCCCC6)CCCC4C4CCCCC4)C5C3)CC2)CC1. The summed E-state index contributed by atoms with van der Waals surface area (Å²) in [6, 6.07) is 7.72. The summed E-state index contributed by atoms with van der Waals surface area (Å²) >= 11 is 0. The van der Waals surface area contributed by atoms with Crippen molar-refractivity contribution in [1.82, 2.24) is 14.7 Å². The fourth-order valence-electron chi connectivity index (χ4n) is 39.8. The molecule has 23 atom stereocenters. The smallest absolute Gasteiger partial charge is 0.156 e. The minimum Gasteiger partial charge on any atom is -0.295 e. The van der Waals surface area contributed by atoms with E-state index in [1.54, 1.807) is 424 Å². The van der Waals surface area contributed by atoms with E-state index < -0.39 is 0 Å². The Morgan fingerprint density at radius 3 is 0.944 bits per heavy atom. The number of hydrogen-bond acceptors (Lipinski definition) is 3. The third-order valence-corrected chi connectivity index (χ3v) is 43.4. The lowest BCUT2D eigenvalue weighted by Crippen LogP contribution is -2.78. The number of nitrogens with zero attached hydrogens (tertiary/aromatic N) is 3. The highest BCUT2D eigenvalue weighted by Gasteiger charge is 2.70. The zero-order valence-electron chi connectivity index (χ0n) is 70.8. The van der Waals surface area contributed by atoms with Crippen molar-refractivity contribution in [1.29, 1.82) is 0 Å². The molecule has 108 heavy (non-hydrogen) atoms. The third kappa shape index (κ3) is 14.4. The van der Waals surface area contributed by atoms with Gasteiger partial charge in [0.25, 0.3) is 0 Å². The monoisotopic (exact) mass is 1470 g/mol. The van der Waals surface area contributed by atoms with Crippen molar-refractivity contribution in [3.8, 4) is 0 Å². The number of hydrogen-bond donors (Lipinski definition) is 0. The van der Waals surface area contributed by atoms with E-state index in [0.717, 1.165) is 221 Å². The van der Waals surface area contributed by atoms with Crippen LogP contribution in [0.25, 0.3) is 0 Å². The molecule has 4 heteroatoms. The van der Waals surface area contributed by atoms with Crippen LogP contribution in [-0.4, -0.2) is 75.8 Å². The maximum atomic E-state index is 4.09. The van der Waals surface area contributed by atoms with E-state index in [2.05, 4.69) is 14.7 Å². The Morgan fingerprint density at radius 1 is 0.176 bits per heavy atom. The van der Waals surface area contributed by atoms with Crippen molar-refractivity contribution in [3.63, 3.8) is 0 Å². The quantitative estimate of drug-likeness (QED) is 0.170. The van der Waals surface area contributed by atoms with Gasteiger partial charge >= 0.3 is 0 Å². The summed E-state index contributed by atoms with van der Waals surface area (Å²) in [7, 11) is 0. The van der Waals surface area contributed by atoms with Crippen LogP contribution in [0.5, 0.6) is 0 Å². The summed E-state index contributed by atoms with van der Waals surface area (Å²) in [5.74, 6) is 28.1. The van der Waals surface area contributed by atoms with E-state index in [1.807, 2.05) is 0 Å². The predicted octanol–water partition coefficient (Wildman–Crippen LogP) is 28.4. The van der Waals surface area contributed by atoms with Gasteiger partial charge in [0, 0.05) is 54.4 Å². The molecule has 19 aliphatic carbocycles. The molecule has 0 aromatic heterocycles. The maximum absolute atomic E-state index is 4.09. The van der Waals surface area contributed by atoms with Gasteiger partial charge in [-0.1, -0.05) is 289 Å². The average molecular weight is 1480 g/mol. The van der Waals surface area contributed by atoms with Crippen molar-refractivity contribution >= 4 is 6.71 Å². The molecule has 3 nitrogen and oxygen atoms in total. The van der Waals surface area contributed by atoms with E-state index >= 15 is 0 Å². The molecule has 19 saturated carbocycles. The van der Waals surface area contributed by atoms with E-state index in [9.17, 15) is 0 Å². The Kier molecular flexibility index (Phi) is 23.7. The van der Waals surface area contributed by atoms with Crippen molar-refractivity contribution < 1.29 is 0 Å². The van der Waals surface area contributed by atoms with Crippen LogP contribution in [0.1, 0.15) is 437 Å². The van der Waals surface area contributed by atoms with E-state index in [1.165, 1.54) is 12.8 Å². The van der Waals surface area contributed by atoms with Crippen molar-refractivity contribution in [2.75, 3.05) is 0 Å². The Hall–Kier alpha value is -0.0551. The van der Waals surface area contributed by atoms with Gasteiger partial charge in [-0.15, -0.1) is 0 Å². The maximum Gasteiger partial charge on any atom is 0.156 e. The molecule has 21 fully saturated rings. The van der Waals surface area contributed by atoms with Crippen LogP contribution in [0.15, 0.2) is 0 Å². The fraction of sp³-hybridized carbons (Fsp3) is 1.00. The molecule has 0 radical (unpaired) electrons. The molecular weight excluding hydrogens is 1300 g/mol. The normalized spacial score (nSPS) is 49.2. The molecule has 23 unspecified atom stereocenters. The van der Waals surface area contributed by atoms with Gasteiger partial charge in [0.05, 0.1) is 0 Å². The van der Waals surface area contributed by atoms with Crippen molar-refractivity contribution in [2.24, 2.45) is 142 Å². The van der Waals surface area contributed by atoms with Crippen LogP contribution in [0.3, 0.4) is 0 Å². The molecule has 21 rings (SSSR count). The molecule has 21 aliphatic rings. The van der Waals surface area contributed by atoms with Gasteiger partial charge in [-0.2, -0.15) is 0 Å². The molecule has 0 spiro atoms. The first kappa shape index (κ1) is 75.4. The minimum absolute atomic E-state index is 0.805. The zero-order chi connectivity index (χ0) is 71.2. The molecule has 0 bridgehead atoms. The largest absolute Gasteiger partial charge is 0.295 e. The summed E-state index contributed by atoms with van der Waals surface area (Å²) in [5.41, 5.74) is 0. The zero-order valence-corrected chi connectivity index (χ0v) is 70.8. The second-order valence-electron chi connectivity index (χ2n) is 47.1. The topological polar surface area (TPSA) is 9.72 Å². The summed E-state index contributed by atoms with van der Waals surface area (Å²) in [6.45, 7) is 1.01. The van der Waals surface area contributed by atoms with E-state index in [4.69, 9.17) is 0 Å². The highest BCUT2D eigenvalue weighted by Crippen LogP contribution is 2.71. The Bertz CT molecular complexity index is 2700. The van der Waals surface area contributed by atoms with Crippen molar-refractivity contribution in [2.45, 2.75) is 508 Å². The first-order valence-corrected chi connectivity index (χ1v) is 52.9. The first-order chi connectivity index (χ1) is 53.6. The Labute approximate surface area is 667 Å². The van der Waals surface area contributed by atoms with Crippen LogP contribution in [0.2, 0.25) is 17.5 Å². The van der Waals surface area contributed by atoms with Gasteiger partial charge in [-0.05, 0) is 307 Å². The van der Waals surface area contributed by atoms with Crippen LogP contribution in [-0.2, 0) is 0 Å². The fourth-order valence-corrected chi connectivity index (χ4v) is 39.8. The van der Waals surface area contributed by atoms with Crippen LogP contribution in [0, 0.1) is 142 Å². The van der Waals surface area contributed by atoms with Gasteiger partial charge in [0.1, 0.15) is 0 Å². The lowest BCUT2D eigenvalue weighted by molar-refractivity contribution is -0.161. The lowest BCUT2D eigenvalue weighted by Gasteiger charge is -2.73. The highest BCUT2D eigenvalue weighted by atomic mass is 15.3. The van der Waals surface area contributed by atoms with E-state index in [0.29, 0.717) is 0 Å². The molecular formula is C104H172BN3. The molecule has 2 saturated heterocycles. The van der Waals surface area contributed by atoms with Crippen LogP contribution in [0.4, 0.5) is 0 Å². The van der Waals surface area contributed by atoms with E-state index in [-0.39, 0.29) is 0 Å². The summed E-state index contributed by atoms with van der Waals surface area (Å²) in [6.07, 6.45) is 109. The predicted molar refractivity (Wildman–Crippen MR) is 454 cm³/mol. The number of fused-ring (bicyclic) bond motifs is 6. The Balaban J connectivity index is 0.733. The standard InChI is InChI=1S/C104H172BN3/c1-8-27-69(28-9-1)72-51-57-81(58-52-72)106(82-59-53-73(54-60-82)70-29-10-2-11-30-70)83-67-98-102-99(68-83)108(104-87(76-37-18-6-19-38-76)45-25-46-88(104)77-39-20-7-21-40-77)97-66-80(84-61-62-93-91-48-23-42-78-41-22-47-90(100(78)91)92-50-26-49-89(84)101(92)93)55-63-94(97)105(102)95-65-79(71-31-12-3-13-32-71)56-64-96(95)107(98)103-85(74-33-14-4-15-34-74)43-24-44-86(103)75-35-16-5-17-36-75/h69-104H,1-68H2. The molecule has 2 aliphatic heterocycles. The Morgan fingerprint density at radius 2 is 0.500 bits per heavy atom. The third-order valence-electron chi connectivity index (χ3n) is 43.4. The summed E-state index contributed by atoms with van der Waals surface area (Å²) < 4.78 is 0. The molecule has 0 aromatic rings. The molecule has 0 amide bonds.